The second-order valence-corrected chi connectivity index (χ2v) is 3.15. The second-order valence-electron chi connectivity index (χ2n) is 2.58. The molecule has 3 nitrogen and oxygen atoms in total. The lowest BCUT2D eigenvalue weighted by Gasteiger charge is -2.08. The molecule has 0 saturated carbocycles. The van der Waals surface area contributed by atoms with Crippen LogP contribution in [0.25, 0.3) is 0 Å². The molecular formula is C8H11ClO3. The average Bonchev–Trinajstić information content (AvgIpc) is 2.50. The minimum atomic E-state index is -0.576. The van der Waals surface area contributed by atoms with Gasteiger partial charge in [-0.15, -0.1) is 0 Å². The third-order valence-electron chi connectivity index (χ3n) is 1.83. The predicted molar refractivity (Wildman–Crippen MR) is 44.9 cm³/mol. The number of ether oxygens (including phenoxy) is 2. The van der Waals surface area contributed by atoms with E-state index in [2.05, 4.69) is 4.74 Å². The fourth-order valence-corrected chi connectivity index (χ4v) is 1.38. The molecule has 12 heavy (non-hydrogen) atoms. The van der Waals surface area contributed by atoms with E-state index in [0.717, 1.165) is 12.0 Å². The SMILES string of the molecule is COC(=O)C1OCC/C1=C(\C)Cl. The van der Waals surface area contributed by atoms with E-state index in [4.69, 9.17) is 16.3 Å². The maximum Gasteiger partial charge on any atom is 0.339 e. The molecule has 0 aromatic heterocycles. The molecule has 0 aromatic carbocycles. The van der Waals surface area contributed by atoms with Gasteiger partial charge in [-0.25, -0.2) is 4.79 Å². The number of hydrogen-bond donors (Lipinski definition) is 0. The van der Waals surface area contributed by atoms with Crippen LogP contribution in [0, 0.1) is 0 Å². The molecule has 1 fully saturated rings. The van der Waals surface area contributed by atoms with Crippen molar-refractivity contribution in [2.45, 2.75) is 19.4 Å². The Balaban J connectivity index is 2.78. The van der Waals surface area contributed by atoms with Gasteiger partial charge in [-0.1, -0.05) is 11.6 Å². The third-order valence-corrected chi connectivity index (χ3v) is 2.07. The average molecular weight is 191 g/mol. The highest BCUT2D eigenvalue weighted by molar-refractivity contribution is 6.29. The topological polar surface area (TPSA) is 35.5 Å². The fraction of sp³-hybridized carbons (Fsp3) is 0.625. The molecule has 1 heterocycles. The number of carbonyl (C=O) groups excluding carboxylic acids is 1. The van der Waals surface area contributed by atoms with Gasteiger partial charge in [-0.2, -0.15) is 0 Å². The molecule has 0 aromatic rings. The number of rotatable bonds is 1. The Bertz CT molecular complexity index is 218. The Morgan fingerprint density at radius 2 is 2.42 bits per heavy atom. The summed E-state index contributed by atoms with van der Waals surface area (Å²) in [6, 6.07) is 0. The van der Waals surface area contributed by atoms with Crippen molar-refractivity contribution in [3.05, 3.63) is 10.6 Å². The molecule has 1 aliphatic heterocycles. The smallest absolute Gasteiger partial charge is 0.339 e. The zero-order valence-electron chi connectivity index (χ0n) is 7.09. The second kappa shape index (κ2) is 3.92. The molecule has 1 saturated heterocycles. The van der Waals surface area contributed by atoms with Gasteiger partial charge in [0.05, 0.1) is 13.7 Å². The molecular weight excluding hydrogens is 180 g/mol. The van der Waals surface area contributed by atoms with Gasteiger partial charge in [-0.3, -0.25) is 0 Å². The van der Waals surface area contributed by atoms with Crippen LogP contribution in [0.1, 0.15) is 13.3 Å². The molecule has 0 aliphatic carbocycles. The fourth-order valence-electron chi connectivity index (χ4n) is 1.19. The monoisotopic (exact) mass is 190 g/mol. The van der Waals surface area contributed by atoms with Crippen molar-refractivity contribution < 1.29 is 14.3 Å². The predicted octanol–water partition coefficient (Wildman–Crippen LogP) is 1.46. The highest BCUT2D eigenvalue weighted by Gasteiger charge is 2.30. The van der Waals surface area contributed by atoms with Gasteiger partial charge >= 0.3 is 5.97 Å². The molecule has 68 valence electrons. The highest BCUT2D eigenvalue weighted by Crippen LogP contribution is 2.25. The van der Waals surface area contributed by atoms with Crippen LogP contribution in [0.4, 0.5) is 0 Å². The van der Waals surface area contributed by atoms with Crippen molar-refractivity contribution in [3.63, 3.8) is 0 Å². The summed E-state index contributed by atoms with van der Waals surface area (Å²) < 4.78 is 9.72. The summed E-state index contributed by atoms with van der Waals surface area (Å²) in [5.74, 6) is -0.373. The molecule has 0 radical (unpaired) electrons. The summed E-state index contributed by atoms with van der Waals surface area (Å²) >= 11 is 5.77. The van der Waals surface area contributed by atoms with Crippen LogP contribution >= 0.6 is 11.6 Å². The van der Waals surface area contributed by atoms with Crippen molar-refractivity contribution in [3.8, 4) is 0 Å². The van der Waals surface area contributed by atoms with Crippen LogP contribution in [0.15, 0.2) is 10.6 Å². The number of esters is 1. The zero-order valence-corrected chi connectivity index (χ0v) is 7.85. The Labute approximate surface area is 76.3 Å². The number of methoxy groups -OCH3 is 1. The van der Waals surface area contributed by atoms with Gasteiger partial charge < -0.3 is 9.47 Å². The molecule has 0 N–H and O–H groups in total. The minimum Gasteiger partial charge on any atom is -0.467 e. The number of allylic oxidation sites excluding steroid dienone is 1. The molecule has 0 bridgehead atoms. The summed E-state index contributed by atoms with van der Waals surface area (Å²) in [6.45, 7) is 2.29. The van der Waals surface area contributed by atoms with E-state index in [1.54, 1.807) is 6.92 Å². The summed E-state index contributed by atoms with van der Waals surface area (Å²) in [5, 5.41) is 0.628. The molecule has 0 amide bonds. The molecule has 1 rings (SSSR count). The normalized spacial score (nSPS) is 27.1. The van der Waals surface area contributed by atoms with E-state index >= 15 is 0 Å². The van der Waals surface area contributed by atoms with E-state index in [9.17, 15) is 4.79 Å². The van der Waals surface area contributed by atoms with Gasteiger partial charge in [0.2, 0.25) is 0 Å². The largest absolute Gasteiger partial charge is 0.467 e. The van der Waals surface area contributed by atoms with Crippen molar-refractivity contribution in [1.29, 1.82) is 0 Å². The lowest BCUT2D eigenvalue weighted by Crippen LogP contribution is -2.22. The van der Waals surface area contributed by atoms with E-state index in [-0.39, 0.29) is 5.97 Å². The molecule has 1 atom stereocenters. The molecule has 1 unspecified atom stereocenters. The van der Waals surface area contributed by atoms with Gasteiger partial charge in [0, 0.05) is 5.03 Å². The quantitative estimate of drug-likeness (QED) is 0.588. The van der Waals surface area contributed by atoms with Crippen LogP contribution < -0.4 is 0 Å². The third kappa shape index (κ3) is 1.79. The van der Waals surface area contributed by atoms with Gasteiger partial charge in [-0.05, 0) is 18.9 Å². The Morgan fingerprint density at radius 1 is 1.75 bits per heavy atom. The van der Waals surface area contributed by atoms with Crippen LogP contribution in [0.5, 0.6) is 0 Å². The number of hydrogen-bond acceptors (Lipinski definition) is 3. The van der Waals surface area contributed by atoms with Crippen LogP contribution in [0.2, 0.25) is 0 Å². The summed E-state index contributed by atoms with van der Waals surface area (Å²) in [7, 11) is 1.34. The van der Waals surface area contributed by atoms with Crippen molar-refractivity contribution in [2.75, 3.05) is 13.7 Å². The number of carbonyl (C=O) groups is 1. The summed E-state index contributed by atoms with van der Waals surface area (Å²) in [4.78, 5) is 11.1. The maximum atomic E-state index is 11.1. The van der Waals surface area contributed by atoms with Crippen molar-refractivity contribution >= 4 is 17.6 Å². The van der Waals surface area contributed by atoms with E-state index in [1.165, 1.54) is 7.11 Å². The molecule has 1 aliphatic rings. The van der Waals surface area contributed by atoms with Crippen molar-refractivity contribution in [2.24, 2.45) is 0 Å². The molecule has 0 spiro atoms. The standard InChI is InChI=1S/C8H11ClO3/c1-5(9)6-3-4-12-7(6)8(10)11-2/h7H,3-4H2,1-2H3/b6-5-. The minimum absolute atomic E-state index is 0.373. The Kier molecular flexibility index (Phi) is 3.12. The van der Waals surface area contributed by atoms with Crippen LogP contribution in [0.3, 0.4) is 0 Å². The van der Waals surface area contributed by atoms with Crippen LogP contribution in [-0.2, 0) is 14.3 Å². The lowest BCUT2D eigenvalue weighted by atomic mass is 10.1. The highest BCUT2D eigenvalue weighted by atomic mass is 35.5. The van der Waals surface area contributed by atoms with Gasteiger partial charge in [0.15, 0.2) is 6.10 Å². The van der Waals surface area contributed by atoms with Crippen LogP contribution in [-0.4, -0.2) is 25.8 Å². The first-order chi connectivity index (χ1) is 5.66. The first-order valence-corrected chi connectivity index (χ1v) is 4.09. The van der Waals surface area contributed by atoms with E-state index in [1.807, 2.05) is 0 Å². The van der Waals surface area contributed by atoms with E-state index < -0.39 is 6.10 Å². The van der Waals surface area contributed by atoms with Crippen molar-refractivity contribution in [1.82, 2.24) is 0 Å². The van der Waals surface area contributed by atoms with Gasteiger partial charge in [0.1, 0.15) is 0 Å². The Hall–Kier alpha value is -0.540. The first kappa shape index (κ1) is 9.55. The summed E-state index contributed by atoms with van der Waals surface area (Å²) in [5.41, 5.74) is 0.837. The number of halogens is 1. The summed E-state index contributed by atoms with van der Waals surface area (Å²) in [6.07, 6.45) is 0.141. The Morgan fingerprint density at radius 3 is 2.92 bits per heavy atom. The first-order valence-electron chi connectivity index (χ1n) is 3.71. The molecule has 4 heteroatoms. The zero-order chi connectivity index (χ0) is 9.14. The van der Waals surface area contributed by atoms with E-state index in [0.29, 0.717) is 11.6 Å². The van der Waals surface area contributed by atoms with Gasteiger partial charge in [0.25, 0.3) is 0 Å². The maximum absolute atomic E-state index is 11.1. The lowest BCUT2D eigenvalue weighted by molar-refractivity contribution is -0.149.